The van der Waals surface area contributed by atoms with Crippen molar-refractivity contribution in [1.29, 1.82) is 0 Å². The Bertz CT molecular complexity index is 340. The number of nitrogens with zero attached hydrogens (tertiary/aromatic N) is 1. The molecule has 0 aliphatic carbocycles. The van der Waals surface area contributed by atoms with E-state index in [1.807, 2.05) is 35.2 Å². The number of hydrogen-bond acceptors (Lipinski definition) is 2. The molecule has 15 heavy (non-hydrogen) atoms. The van der Waals surface area contributed by atoms with Gasteiger partial charge in [0, 0.05) is 24.7 Å². The minimum Gasteiger partial charge on any atom is -0.337 e. The molecule has 1 saturated heterocycles. The molecular formula is C12H16N2O. The van der Waals surface area contributed by atoms with E-state index >= 15 is 0 Å². The summed E-state index contributed by atoms with van der Waals surface area (Å²) in [6.07, 6.45) is 0. The number of benzene rings is 1. The number of carbonyl (C=O) groups excluding carboxylic acids is 1. The monoisotopic (exact) mass is 204 g/mol. The number of amides is 1. The van der Waals surface area contributed by atoms with Gasteiger partial charge in [0.15, 0.2) is 0 Å². The Labute approximate surface area is 89.9 Å². The lowest BCUT2D eigenvalue weighted by Crippen LogP contribution is -2.32. The highest BCUT2D eigenvalue weighted by atomic mass is 16.2. The van der Waals surface area contributed by atoms with Gasteiger partial charge in [0.05, 0.1) is 0 Å². The van der Waals surface area contributed by atoms with Gasteiger partial charge in [-0.25, -0.2) is 0 Å². The standard InChI is InChI=1S/C12H16N2O/c1-9-7-14(8-11(9)13)12(15)10-5-3-2-4-6-10/h2-6,9,11H,7-8,13H2,1H3/t9-,11-/m0/s1. The van der Waals surface area contributed by atoms with Gasteiger partial charge in [0.2, 0.25) is 0 Å². The molecule has 2 rings (SSSR count). The summed E-state index contributed by atoms with van der Waals surface area (Å²) in [5.41, 5.74) is 6.64. The second-order valence-electron chi connectivity index (χ2n) is 4.22. The molecular weight excluding hydrogens is 188 g/mol. The molecule has 1 fully saturated rings. The molecule has 1 aromatic carbocycles. The summed E-state index contributed by atoms with van der Waals surface area (Å²) in [4.78, 5) is 13.8. The lowest BCUT2D eigenvalue weighted by molar-refractivity contribution is 0.0787. The van der Waals surface area contributed by atoms with E-state index in [0.29, 0.717) is 12.5 Å². The minimum absolute atomic E-state index is 0.0930. The van der Waals surface area contributed by atoms with Crippen molar-refractivity contribution < 1.29 is 4.79 Å². The number of carbonyl (C=O) groups is 1. The molecule has 2 atom stereocenters. The highest BCUT2D eigenvalue weighted by molar-refractivity contribution is 5.94. The minimum atomic E-state index is 0.0930. The van der Waals surface area contributed by atoms with Gasteiger partial charge in [-0.3, -0.25) is 4.79 Å². The average Bonchev–Trinajstić information content (AvgIpc) is 2.59. The fourth-order valence-corrected chi connectivity index (χ4v) is 1.92. The maximum Gasteiger partial charge on any atom is 0.253 e. The van der Waals surface area contributed by atoms with Gasteiger partial charge in [0.25, 0.3) is 5.91 Å². The van der Waals surface area contributed by atoms with Crippen LogP contribution in [0.3, 0.4) is 0 Å². The predicted octanol–water partition coefficient (Wildman–Crippen LogP) is 1.11. The molecule has 80 valence electrons. The zero-order valence-electron chi connectivity index (χ0n) is 8.89. The first-order valence-electron chi connectivity index (χ1n) is 5.28. The van der Waals surface area contributed by atoms with Crippen LogP contribution in [-0.2, 0) is 0 Å². The molecule has 1 aromatic rings. The van der Waals surface area contributed by atoms with Gasteiger partial charge in [-0.2, -0.15) is 0 Å². The van der Waals surface area contributed by atoms with Crippen molar-refractivity contribution in [2.75, 3.05) is 13.1 Å². The van der Waals surface area contributed by atoms with Gasteiger partial charge >= 0.3 is 0 Å². The highest BCUT2D eigenvalue weighted by Crippen LogP contribution is 2.17. The first-order chi connectivity index (χ1) is 7.18. The van der Waals surface area contributed by atoms with Crippen molar-refractivity contribution in [3.8, 4) is 0 Å². The Morgan fingerprint density at radius 1 is 1.33 bits per heavy atom. The normalized spacial score (nSPS) is 25.6. The van der Waals surface area contributed by atoms with Crippen LogP contribution < -0.4 is 5.73 Å². The van der Waals surface area contributed by atoms with E-state index in [4.69, 9.17) is 5.73 Å². The van der Waals surface area contributed by atoms with E-state index in [1.54, 1.807) is 0 Å². The number of nitrogens with two attached hydrogens (primary N) is 1. The van der Waals surface area contributed by atoms with Crippen LogP contribution in [0.2, 0.25) is 0 Å². The molecule has 1 heterocycles. The van der Waals surface area contributed by atoms with E-state index in [0.717, 1.165) is 12.1 Å². The van der Waals surface area contributed by atoms with Crippen LogP contribution in [0.25, 0.3) is 0 Å². The molecule has 0 radical (unpaired) electrons. The van der Waals surface area contributed by atoms with Crippen LogP contribution in [0, 0.1) is 5.92 Å². The van der Waals surface area contributed by atoms with E-state index in [-0.39, 0.29) is 11.9 Å². The summed E-state index contributed by atoms with van der Waals surface area (Å²) >= 11 is 0. The smallest absolute Gasteiger partial charge is 0.253 e. The third kappa shape index (κ3) is 2.02. The van der Waals surface area contributed by atoms with Gasteiger partial charge in [-0.05, 0) is 18.1 Å². The third-order valence-electron chi connectivity index (χ3n) is 2.98. The zero-order valence-corrected chi connectivity index (χ0v) is 8.89. The van der Waals surface area contributed by atoms with Crippen molar-refractivity contribution in [2.45, 2.75) is 13.0 Å². The SMILES string of the molecule is C[C@H]1CN(C(=O)c2ccccc2)C[C@@H]1N. The van der Waals surface area contributed by atoms with Crippen LogP contribution in [-0.4, -0.2) is 29.9 Å². The van der Waals surface area contributed by atoms with Crippen molar-refractivity contribution >= 4 is 5.91 Å². The Balaban J connectivity index is 2.10. The van der Waals surface area contributed by atoms with Crippen molar-refractivity contribution in [1.82, 2.24) is 4.90 Å². The maximum absolute atomic E-state index is 12.0. The molecule has 2 N–H and O–H groups in total. The van der Waals surface area contributed by atoms with Crippen molar-refractivity contribution in [3.63, 3.8) is 0 Å². The van der Waals surface area contributed by atoms with Crippen molar-refractivity contribution in [3.05, 3.63) is 35.9 Å². The molecule has 1 aliphatic rings. The second-order valence-corrected chi connectivity index (χ2v) is 4.22. The number of hydrogen-bond donors (Lipinski definition) is 1. The van der Waals surface area contributed by atoms with Crippen LogP contribution in [0.5, 0.6) is 0 Å². The van der Waals surface area contributed by atoms with Crippen LogP contribution in [0.15, 0.2) is 30.3 Å². The fourth-order valence-electron chi connectivity index (χ4n) is 1.92. The topological polar surface area (TPSA) is 46.3 Å². The lowest BCUT2D eigenvalue weighted by atomic mass is 10.1. The maximum atomic E-state index is 12.0. The summed E-state index contributed by atoms with van der Waals surface area (Å²) in [6, 6.07) is 9.49. The molecule has 0 aromatic heterocycles. The molecule has 0 bridgehead atoms. The zero-order chi connectivity index (χ0) is 10.8. The van der Waals surface area contributed by atoms with Gasteiger partial charge in [-0.15, -0.1) is 0 Å². The predicted molar refractivity (Wildman–Crippen MR) is 59.5 cm³/mol. The van der Waals surface area contributed by atoms with E-state index in [9.17, 15) is 4.79 Å². The molecule has 0 saturated carbocycles. The fraction of sp³-hybridized carbons (Fsp3) is 0.417. The van der Waals surface area contributed by atoms with Gasteiger partial charge < -0.3 is 10.6 Å². The van der Waals surface area contributed by atoms with E-state index < -0.39 is 0 Å². The quantitative estimate of drug-likeness (QED) is 0.744. The molecule has 0 unspecified atom stereocenters. The van der Waals surface area contributed by atoms with Gasteiger partial charge in [0.1, 0.15) is 0 Å². The second kappa shape index (κ2) is 4.03. The Kier molecular flexibility index (Phi) is 2.73. The summed E-state index contributed by atoms with van der Waals surface area (Å²) in [5, 5.41) is 0. The summed E-state index contributed by atoms with van der Waals surface area (Å²) in [6.45, 7) is 3.53. The largest absolute Gasteiger partial charge is 0.337 e. The first-order valence-corrected chi connectivity index (χ1v) is 5.28. The number of likely N-dealkylation sites (tertiary alicyclic amines) is 1. The Morgan fingerprint density at radius 2 is 2.00 bits per heavy atom. The van der Waals surface area contributed by atoms with Crippen molar-refractivity contribution in [2.24, 2.45) is 11.7 Å². The molecule has 3 heteroatoms. The first kappa shape index (κ1) is 10.2. The Hall–Kier alpha value is -1.35. The highest BCUT2D eigenvalue weighted by Gasteiger charge is 2.30. The summed E-state index contributed by atoms with van der Waals surface area (Å²) in [5.74, 6) is 0.494. The molecule has 0 spiro atoms. The summed E-state index contributed by atoms with van der Waals surface area (Å²) < 4.78 is 0. The molecule has 3 nitrogen and oxygen atoms in total. The molecule has 1 aliphatic heterocycles. The average molecular weight is 204 g/mol. The van der Waals surface area contributed by atoms with Crippen LogP contribution >= 0.6 is 0 Å². The summed E-state index contributed by atoms with van der Waals surface area (Å²) in [7, 11) is 0. The third-order valence-corrected chi connectivity index (χ3v) is 2.98. The lowest BCUT2D eigenvalue weighted by Gasteiger charge is -2.15. The van der Waals surface area contributed by atoms with Crippen LogP contribution in [0.1, 0.15) is 17.3 Å². The Morgan fingerprint density at radius 3 is 2.53 bits per heavy atom. The van der Waals surface area contributed by atoms with Crippen LogP contribution in [0.4, 0.5) is 0 Å². The van der Waals surface area contributed by atoms with Gasteiger partial charge in [-0.1, -0.05) is 25.1 Å². The van der Waals surface area contributed by atoms with E-state index in [2.05, 4.69) is 6.92 Å². The molecule has 1 amide bonds. The number of rotatable bonds is 1. The van der Waals surface area contributed by atoms with E-state index in [1.165, 1.54) is 0 Å².